The Balaban J connectivity index is 2.43. The van der Waals surface area contributed by atoms with E-state index >= 15 is 0 Å². The summed E-state index contributed by atoms with van der Waals surface area (Å²) in [6.45, 7) is 3.88. The van der Waals surface area contributed by atoms with Gasteiger partial charge in [-0.1, -0.05) is 31.9 Å². The van der Waals surface area contributed by atoms with Crippen molar-refractivity contribution < 1.29 is 17.9 Å². The Labute approximate surface area is 112 Å². The molecular formula is C14H20F3NO. The summed E-state index contributed by atoms with van der Waals surface area (Å²) in [4.78, 5) is 2.16. The lowest BCUT2D eigenvalue weighted by atomic mass is 10.2. The minimum atomic E-state index is -4.63. The lowest BCUT2D eigenvalue weighted by Crippen LogP contribution is -2.19. The third-order valence-corrected chi connectivity index (χ3v) is 2.75. The molecule has 0 atom stereocenters. The zero-order chi connectivity index (χ0) is 14.3. The first-order valence-electron chi connectivity index (χ1n) is 6.44. The summed E-state index contributed by atoms with van der Waals surface area (Å²) in [6.07, 6.45) is -1.11. The van der Waals surface area contributed by atoms with Gasteiger partial charge in [-0.3, -0.25) is 0 Å². The van der Waals surface area contributed by atoms with Crippen molar-refractivity contribution in [1.29, 1.82) is 0 Å². The second-order valence-electron chi connectivity index (χ2n) is 4.64. The van der Waals surface area contributed by atoms with Crippen molar-refractivity contribution in [3.05, 3.63) is 29.8 Å². The maximum atomic E-state index is 12.0. The van der Waals surface area contributed by atoms with Gasteiger partial charge in [-0.15, -0.1) is 13.2 Å². The van der Waals surface area contributed by atoms with E-state index in [0.717, 1.165) is 25.1 Å². The van der Waals surface area contributed by atoms with Crippen LogP contribution >= 0.6 is 0 Å². The second kappa shape index (κ2) is 7.38. The van der Waals surface area contributed by atoms with Crippen molar-refractivity contribution in [1.82, 2.24) is 4.90 Å². The summed E-state index contributed by atoms with van der Waals surface area (Å²) >= 11 is 0. The van der Waals surface area contributed by atoms with E-state index in [1.807, 2.05) is 7.05 Å². The van der Waals surface area contributed by atoms with E-state index < -0.39 is 6.36 Å². The van der Waals surface area contributed by atoms with Crippen LogP contribution in [0.4, 0.5) is 13.2 Å². The predicted octanol–water partition coefficient (Wildman–Crippen LogP) is 4.21. The normalized spacial score (nSPS) is 11.9. The minimum absolute atomic E-state index is 0.176. The number of ether oxygens (including phenoxy) is 1. The van der Waals surface area contributed by atoms with Crippen molar-refractivity contribution in [3.63, 3.8) is 0 Å². The molecule has 1 rings (SSSR count). The standard InChI is InChI=1S/C14H20F3NO/c1-3-4-5-10-18(2)11-12-6-8-13(9-7-12)19-14(15,16)17/h6-9H,3-5,10-11H2,1-2H3. The van der Waals surface area contributed by atoms with Gasteiger partial charge in [-0.25, -0.2) is 0 Å². The lowest BCUT2D eigenvalue weighted by molar-refractivity contribution is -0.274. The molecule has 108 valence electrons. The number of unbranched alkanes of at least 4 members (excludes halogenated alkanes) is 2. The first-order valence-corrected chi connectivity index (χ1v) is 6.44. The summed E-state index contributed by atoms with van der Waals surface area (Å²) in [5.41, 5.74) is 0.980. The molecule has 1 aromatic rings. The molecule has 0 unspecified atom stereocenters. The third kappa shape index (κ3) is 7.06. The lowest BCUT2D eigenvalue weighted by Gasteiger charge is -2.16. The monoisotopic (exact) mass is 275 g/mol. The molecule has 0 fully saturated rings. The van der Waals surface area contributed by atoms with Crippen LogP contribution in [0.1, 0.15) is 31.7 Å². The first-order chi connectivity index (χ1) is 8.90. The highest BCUT2D eigenvalue weighted by Gasteiger charge is 2.30. The average Bonchev–Trinajstić information content (AvgIpc) is 2.30. The Morgan fingerprint density at radius 3 is 2.26 bits per heavy atom. The molecular weight excluding hydrogens is 255 g/mol. The Hall–Kier alpha value is -1.23. The van der Waals surface area contributed by atoms with Crippen LogP contribution in [-0.2, 0) is 6.54 Å². The largest absolute Gasteiger partial charge is 0.573 e. The van der Waals surface area contributed by atoms with Gasteiger partial charge in [0.15, 0.2) is 0 Å². The molecule has 1 aromatic carbocycles. The van der Waals surface area contributed by atoms with Crippen molar-refractivity contribution in [2.24, 2.45) is 0 Å². The highest BCUT2D eigenvalue weighted by atomic mass is 19.4. The van der Waals surface area contributed by atoms with E-state index in [0.29, 0.717) is 0 Å². The Kier molecular flexibility index (Phi) is 6.15. The summed E-state index contributed by atoms with van der Waals surface area (Å²) in [7, 11) is 2.01. The molecule has 0 bridgehead atoms. The van der Waals surface area contributed by atoms with Gasteiger partial charge in [0.25, 0.3) is 0 Å². The van der Waals surface area contributed by atoms with Crippen molar-refractivity contribution >= 4 is 0 Å². The molecule has 0 amide bonds. The number of halogens is 3. The van der Waals surface area contributed by atoms with Crippen molar-refractivity contribution in [3.8, 4) is 5.75 Å². The Morgan fingerprint density at radius 2 is 1.74 bits per heavy atom. The fraction of sp³-hybridized carbons (Fsp3) is 0.571. The quantitative estimate of drug-likeness (QED) is 0.691. The average molecular weight is 275 g/mol. The number of benzene rings is 1. The molecule has 0 radical (unpaired) electrons. The summed E-state index contributed by atoms with van der Waals surface area (Å²) < 4.78 is 39.8. The highest BCUT2D eigenvalue weighted by molar-refractivity contribution is 5.27. The summed E-state index contributed by atoms with van der Waals surface area (Å²) in [5.74, 6) is -0.176. The van der Waals surface area contributed by atoms with Gasteiger partial charge < -0.3 is 9.64 Å². The molecule has 0 spiro atoms. The summed E-state index contributed by atoms with van der Waals surface area (Å²) in [5, 5.41) is 0. The molecule has 0 saturated carbocycles. The highest BCUT2D eigenvalue weighted by Crippen LogP contribution is 2.22. The second-order valence-corrected chi connectivity index (χ2v) is 4.64. The van der Waals surface area contributed by atoms with Gasteiger partial charge >= 0.3 is 6.36 Å². The molecule has 0 saturated heterocycles. The molecule has 5 heteroatoms. The number of rotatable bonds is 7. The van der Waals surface area contributed by atoms with E-state index in [-0.39, 0.29) is 5.75 Å². The van der Waals surface area contributed by atoms with Crippen LogP contribution in [0.15, 0.2) is 24.3 Å². The van der Waals surface area contributed by atoms with Crippen LogP contribution in [0.25, 0.3) is 0 Å². The number of nitrogens with zero attached hydrogens (tertiary/aromatic N) is 1. The molecule has 0 aromatic heterocycles. The maximum absolute atomic E-state index is 12.0. The van der Waals surface area contributed by atoms with Crippen LogP contribution in [0, 0.1) is 0 Å². The molecule has 19 heavy (non-hydrogen) atoms. The molecule has 0 aliphatic carbocycles. The van der Waals surface area contributed by atoms with Crippen molar-refractivity contribution in [2.75, 3.05) is 13.6 Å². The predicted molar refractivity (Wildman–Crippen MR) is 69.0 cm³/mol. The fourth-order valence-electron chi connectivity index (χ4n) is 1.82. The number of alkyl halides is 3. The van der Waals surface area contributed by atoms with E-state index in [2.05, 4.69) is 16.6 Å². The SMILES string of the molecule is CCCCCN(C)Cc1ccc(OC(F)(F)F)cc1. The van der Waals surface area contributed by atoms with Gasteiger partial charge in [0.2, 0.25) is 0 Å². The maximum Gasteiger partial charge on any atom is 0.573 e. The summed E-state index contributed by atoms with van der Waals surface area (Å²) in [6, 6.07) is 6.03. The van der Waals surface area contributed by atoms with Crippen LogP contribution in [-0.4, -0.2) is 24.9 Å². The van der Waals surface area contributed by atoms with Crippen molar-refractivity contribution in [2.45, 2.75) is 39.1 Å². The van der Waals surface area contributed by atoms with Gasteiger partial charge in [0.1, 0.15) is 5.75 Å². The zero-order valence-corrected chi connectivity index (χ0v) is 11.3. The van der Waals surface area contributed by atoms with E-state index in [4.69, 9.17) is 0 Å². The molecule has 0 aliphatic heterocycles. The minimum Gasteiger partial charge on any atom is -0.406 e. The van der Waals surface area contributed by atoms with Crippen LogP contribution in [0.5, 0.6) is 5.75 Å². The number of hydrogen-bond acceptors (Lipinski definition) is 2. The van der Waals surface area contributed by atoms with Gasteiger partial charge in [0.05, 0.1) is 0 Å². The first kappa shape index (κ1) is 15.8. The zero-order valence-electron chi connectivity index (χ0n) is 11.3. The molecule has 0 aliphatic rings. The Bertz CT molecular complexity index is 362. The van der Waals surface area contributed by atoms with E-state index in [1.54, 1.807) is 12.1 Å². The van der Waals surface area contributed by atoms with Gasteiger partial charge in [-0.2, -0.15) is 0 Å². The third-order valence-electron chi connectivity index (χ3n) is 2.75. The number of hydrogen-bond donors (Lipinski definition) is 0. The topological polar surface area (TPSA) is 12.5 Å². The fourth-order valence-corrected chi connectivity index (χ4v) is 1.82. The smallest absolute Gasteiger partial charge is 0.406 e. The van der Waals surface area contributed by atoms with Crippen LogP contribution in [0.2, 0.25) is 0 Å². The van der Waals surface area contributed by atoms with Crippen LogP contribution < -0.4 is 4.74 Å². The van der Waals surface area contributed by atoms with E-state index in [9.17, 15) is 13.2 Å². The Morgan fingerprint density at radius 1 is 1.11 bits per heavy atom. The molecule has 0 heterocycles. The van der Waals surface area contributed by atoms with Crippen LogP contribution in [0.3, 0.4) is 0 Å². The van der Waals surface area contributed by atoms with Gasteiger partial charge in [-0.05, 0) is 37.7 Å². The molecule has 0 N–H and O–H groups in total. The van der Waals surface area contributed by atoms with Gasteiger partial charge in [0, 0.05) is 6.54 Å². The molecule has 2 nitrogen and oxygen atoms in total. The van der Waals surface area contributed by atoms with E-state index in [1.165, 1.54) is 25.0 Å².